The number of thioether (sulfide) groups is 1. The number of hydrogen-bond acceptors (Lipinski definition) is 8. The highest BCUT2D eigenvalue weighted by Gasteiger charge is 2.57. The number of aliphatic hydroxyl groups excluding tert-OH is 1. The van der Waals surface area contributed by atoms with Gasteiger partial charge in [0.1, 0.15) is 17.7 Å². The quantitative estimate of drug-likeness (QED) is 0.502. The number of carbonyl (C=O) groups excluding carboxylic acids is 2. The maximum absolute atomic E-state index is 12.8. The maximum Gasteiger partial charge on any atom is 0.404 e. The summed E-state index contributed by atoms with van der Waals surface area (Å²) in [5, 5.41) is 18.6. The third-order valence-corrected chi connectivity index (χ3v) is 7.77. The monoisotopic (exact) mass is 442 g/mol. The molecule has 2 aliphatic heterocycles. The second-order valence-corrected chi connectivity index (χ2v) is 9.77. The van der Waals surface area contributed by atoms with E-state index in [2.05, 4.69) is 4.74 Å². The van der Waals surface area contributed by atoms with E-state index in [-0.39, 0.29) is 22.1 Å². The Balaban J connectivity index is 1.82. The number of primary amides is 1. The van der Waals surface area contributed by atoms with Gasteiger partial charge in [0, 0.05) is 4.91 Å². The zero-order chi connectivity index (χ0) is 21.5. The molecule has 0 saturated carbocycles. The van der Waals surface area contributed by atoms with Crippen LogP contribution in [-0.4, -0.2) is 58.7 Å². The molecule has 3 rings (SSSR count). The molecule has 3 atom stereocenters. The minimum Gasteiger partial charge on any atom is -0.477 e. The van der Waals surface area contributed by atoms with Crippen molar-refractivity contribution in [3.8, 4) is 0 Å². The van der Waals surface area contributed by atoms with E-state index in [4.69, 9.17) is 5.73 Å². The molecule has 1 aromatic rings. The zero-order valence-corrected chi connectivity index (χ0v) is 16.8. The second kappa shape index (κ2) is 7.69. The number of carboxylic acids is 1. The summed E-state index contributed by atoms with van der Waals surface area (Å²) in [6.07, 6.45) is -1.93. The molecule has 4 N–H and O–H groups in total. The van der Waals surface area contributed by atoms with Crippen molar-refractivity contribution in [3.63, 3.8) is 0 Å². The van der Waals surface area contributed by atoms with Crippen LogP contribution < -0.4 is 5.73 Å². The van der Waals surface area contributed by atoms with Gasteiger partial charge in [-0.2, -0.15) is 0 Å². The summed E-state index contributed by atoms with van der Waals surface area (Å²) in [6, 6.07) is 5.52. The molecule has 12 heteroatoms. The van der Waals surface area contributed by atoms with Crippen molar-refractivity contribution in [3.05, 3.63) is 40.4 Å². The number of nitrogens with two attached hydrogens (primary N) is 1. The van der Waals surface area contributed by atoms with Gasteiger partial charge in [-0.1, -0.05) is 12.1 Å². The van der Waals surface area contributed by atoms with Crippen molar-refractivity contribution in [2.75, 3.05) is 5.75 Å². The van der Waals surface area contributed by atoms with Crippen molar-refractivity contribution >= 4 is 39.6 Å². The van der Waals surface area contributed by atoms with E-state index < -0.39 is 51.0 Å². The molecule has 2 aliphatic rings. The Bertz CT molecular complexity index is 1000. The third kappa shape index (κ3) is 3.95. The molecule has 2 heterocycles. The molecule has 1 saturated heterocycles. The molecular weight excluding hydrogens is 424 g/mol. The lowest BCUT2D eigenvalue weighted by molar-refractivity contribution is -0.156. The number of aliphatic carboxylic acids is 1. The molecule has 0 spiro atoms. The SMILES string of the molecule is C[C@@H](O)[C@H]1C(=O)N2C(C(=O)O)=C(CS(=O)(=O)c3ccc(COC(N)=O)cc3)S[C@H]12. The summed E-state index contributed by atoms with van der Waals surface area (Å²) < 4.78 is 30.2. The Morgan fingerprint density at radius 3 is 2.45 bits per heavy atom. The predicted molar refractivity (Wildman–Crippen MR) is 101 cm³/mol. The Morgan fingerprint density at radius 1 is 1.31 bits per heavy atom. The number of carboxylic acid groups (broad SMARTS) is 1. The first kappa shape index (κ1) is 21.1. The fraction of sp³-hybridized carbons (Fsp3) is 0.353. The van der Waals surface area contributed by atoms with E-state index in [1.165, 1.54) is 31.2 Å². The topological polar surface area (TPSA) is 164 Å². The average molecular weight is 442 g/mol. The number of hydrogen-bond donors (Lipinski definition) is 3. The molecule has 2 amide bonds. The number of fused-ring (bicyclic) bond motifs is 1. The van der Waals surface area contributed by atoms with E-state index in [0.29, 0.717) is 5.56 Å². The minimum atomic E-state index is -3.91. The number of β-lactam (4-membered cyclic amide) rings is 1. The van der Waals surface area contributed by atoms with Gasteiger partial charge in [0.15, 0.2) is 9.84 Å². The molecule has 10 nitrogen and oxygen atoms in total. The minimum absolute atomic E-state index is 0.0418. The van der Waals surface area contributed by atoms with Gasteiger partial charge in [-0.3, -0.25) is 9.69 Å². The number of nitrogens with zero attached hydrogens (tertiary/aromatic N) is 1. The molecule has 1 fully saturated rings. The van der Waals surface area contributed by atoms with Crippen LogP contribution in [0, 0.1) is 5.92 Å². The predicted octanol–water partition coefficient (Wildman–Crippen LogP) is 0.264. The fourth-order valence-electron chi connectivity index (χ4n) is 3.16. The molecule has 0 bridgehead atoms. The van der Waals surface area contributed by atoms with Crippen LogP contribution in [0.2, 0.25) is 0 Å². The lowest BCUT2D eigenvalue weighted by Gasteiger charge is -2.43. The summed E-state index contributed by atoms with van der Waals surface area (Å²) in [4.78, 5) is 35.5. The molecule has 29 heavy (non-hydrogen) atoms. The number of rotatable bonds is 7. The standard InChI is InChI=1S/C17H18N2O8S2/c1-8(20)12-14(21)19-13(16(22)23)11(28-15(12)19)7-29(25,26)10-4-2-9(3-5-10)6-27-17(18)24/h2-5,8,12,15,20H,6-7H2,1H3,(H2,18,24)(H,22,23)/t8-,12+,15-/m1/s1. The average Bonchev–Trinajstić information content (AvgIpc) is 2.93. The number of amides is 2. The van der Waals surface area contributed by atoms with Gasteiger partial charge >= 0.3 is 12.1 Å². The largest absolute Gasteiger partial charge is 0.477 e. The summed E-state index contributed by atoms with van der Waals surface area (Å²) in [5.41, 5.74) is 5.04. The molecule has 0 aromatic heterocycles. The van der Waals surface area contributed by atoms with Crippen LogP contribution in [0.25, 0.3) is 0 Å². The lowest BCUT2D eigenvalue weighted by Crippen LogP contribution is -2.60. The number of carbonyl (C=O) groups is 3. The van der Waals surface area contributed by atoms with Gasteiger partial charge in [0.05, 0.1) is 22.7 Å². The van der Waals surface area contributed by atoms with Gasteiger partial charge < -0.3 is 20.7 Å². The van der Waals surface area contributed by atoms with E-state index in [1.54, 1.807) is 0 Å². The maximum atomic E-state index is 12.8. The van der Waals surface area contributed by atoms with Crippen LogP contribution in [0.1, 0.15) is 12.5 Å². The van der Waals surface area contributed by atoms with Gasteiger partial charge in [-0.15, -0.1) is 11.8 Å². The summed E-state index contributed by atoms with van der Waals surface area (Å²) in [5.74, 6) is -3.31. The lowest BCUT2D eigenvalue weighted by atomic mass is 9.92. The normalized spacial score (nSPS) is 22.1. The van der Waals surface area contributed by atoms with Crippen molar-refractivity contribution < 1.29 is 37.8 Å². The van der Waals surface area contributed by atoms with Crippen molar-refractivity contribution in [1.29, 1.82) is 0 Å². The van der Waals surface area contributed by atoms with Crippen LogP contribution >= 0.6 is 11.8 Å². The Morgan fingerprint density at radius 2 is 1.93 bits per heavy atom. The Labute approximate surface area is 170 Å². The molecule has 0 radical (unpaired) electrons. The number of ether oxygens (including phenoxy) is 1. The molecule has 0 aliphatic carbocycles. The van der Waals surface area contributed by atoms with Crippen molar-refractivity contribution in [1.82, 2.24) is 4.90 Å². The molecule has 1 aromatic carbocycles. The van der Waals surface area contributed by atoms with Crippen molar-refractivity contribution in [2.24, 2.45) is 11.7 Å². The molecular formula is C17H18N2O8S2. The highest BCUT2D eigenvalue weighted by molar-refractivity contribution is 8.05. The van der Waals surface area contributed by atoms with Crippen LogP contribution in [0.15, 0.2) is 39.8 Å². The smallest absolute Gasteiger partial charge is 0.404 e. The third-order valence-electron chi connectivity index (χ3n) is 4.56. The summed E-state index contributed by atoms with van der Waals surface area (Å²) >= 11 is 0.966. The first-order chi connectivity index (χ1) is 13.5. The number of sulfone groups is 1. The highest BCUT2D eigenvalue weighted by Crippen LogP contribution is 2.50. The second-order valence-electron chi connectivity index (χ2n) is 6.57. The van der Waals surface area contributed by atoms with E-state index in [0.717, 1.165) is 16.7 Å². The van der Waals surface area contributed by atoms with Gasteiger partial charge in [-0.05, 0) is 24.6 Å². The fourth-order valence-corrected chi connectivity index (χ4v) is 6.49. The van der Waals surface area contributed by atoms with E-state index in [1.807, 2.05) is 0 Å². The highest BCUT2D eigenvalue weighted by atomic mass is 32.2. The van der Waals surface area contributed by atoms with Crippen molar-refractivity contribution in [2.45, 2.75) is 29.9 Å². The Hall–Kier alpha value is -2.57. The van der Waals surface area contributed by atoms with Gasteiger partial charge in [0.2, 0.25) is 5.91 Å². The van der Waals surface area contributed by atoms with Crippen LogP contribution in [0.3, 0.4) is 0 Å². The zero-order valence-electron chi connectivity index (χ0n) is 15.1. The van der Waals surface area contributed by atoms with Crippen LogP contribution in [-0.2, 0) is 30.8 Å². The molecule has 0 unspecified atom stereocenters. The van der Waals surface area contributed by atoms with E-state index in [9.17, 15) is 33.0 Å². The number of aliphatic hydroxyl groups is 1. The van der Waals surface area contributed by atoms with Gasteiger partial charge in [0.25, 0.3) is 0 Å². The summed E-state index contributed by atoms with van der Waals surface area (Å²) in [6.45, 7) is 1.32. The first-order valence-electron chi connectivity index (χ1n) is 8.41. The van der Waals surface area contributed by atoms with Crippen LogP contribution in [0.5, 0.6) is 0 Å². The molecule has 156 valence electrons. The number of benzene rings is 1. The first-order valence-corrected chi connectivity index (χ1v) is 10.9. The van der Waals surface area contributed by atoms with Crippen LogP contribution in [0.4, 0.5) is 4.79 Å². The summed E-state index contributed by atoms with van der Waals surface area (Å²) in [7, 11) is -3.91. The van der Waals surface area contributed by atoms with E-state index >= 15 is 0 Å². The van der Waals surface area contributed by atoms with Gasteiger partial charge in [-0.25, -0.2) is 18.0 Å². The Kier molecular flexibility index (Phi) is 5.61.